The van der Waals surface area contributed by atoms with Gasteiger partial charge in [-0.15, -0.1) is 0 Å². The number of rotatable bonds is 1. The lowest BCUT2D eigenvalue weighted by molar-refractivity contribution is -0.122. The molecule has 1 saturated heterocycles. The van der Waals surface area contributed by atoms with Crippen molar-refractivity contribution in [3.8, 4) is 0 Å². The monoisotopic (exact) mass is 197 g/mol. The molecule has 1 aliphatic heterocycles. The Hall–Kier alpha value is -0.410. The first-order valence-corrected chi connectivity index (χ1v) is 5.69. The molecule has 3 heteroatoms. The molecule has 1 saturated carbocycles. The van der Waals surface area contributed by atoms with Crippen LogP contribution in [0.3, 0.4) is 0 Å². The average molecular weight is 197 g/mol. The topological polar surface area (TPSA) is 40.5 Å². The molecular formula is C11H19NO2. The van der Waals surface area contributed by atoms with Crippen LogP contribution >= 0.6 is 0 Å². The van der Waals surface area contributed by atoms with Crippen molar-refractivity contribution >= 4 is 5.78 Å². The van der Waals surface area contributed by atoms with Crippen molar-refractivity contribution in [2.45, 2.75) is 50.7 Å². The van der Waals surface area contributed by atoms with Gasteiger partial charge >= 0.3 is 0 Å². The molecule has 2 aliphatic rings. The summed E-state index contributed by atoms with van der Waals surface area (Å²) in [4.78, 5) is 13.5. The molecule has 0 aromatic carbocycles. The van der Waals surface area contributed by atoms with Gasteiger partial charge in [0.05, 0.1) is 6.10 Å². The number of Topliss-reactive ketones (excluding diaryl/α,β-unsaturated/α-hetero) is 1. The Kier molecular flexibility index (Phi) is 3.19. The molecule has 0 amide bonds. The third-order valence-electron chi connectivity index (χ3n) is 3.54. The number of hydrogen-bond donors (Lipinski definition) is 1. The normalized spacial score (nSPS) is 35.9. The number of aliphatic hydroxyl groups is 1. The molecule has 1 N–H and O–H groups in total. The number of hydrogen-bond acceptors (Lipinski definition) is 3. The summed E-state index contributed by atoms with van der Waals surface area (Å²) in [6.07, 6.45) is 5.49. The zero-order chi connectivity index (χ0) is 9.97. The molecule has 1 aliphatic carbocycles. The molecule has 14 heavy (non-hydrogen) atoms. The number of likely N-dealkylation sites (tertiary alicyclic amines) is 1. The smallest absolute Gasteiger partial charge is 0.135 e. The van der Waals surface area contributed by atoms with E-state index in [-0.39, 0.29) is 6.10 Å². The van der Waals surface area contributed by atoms with Crippen LogP contribution in [0.5, 0.6) is 0 Å². The third-order valence-corrected chi connectivity index (χ3v) is 3.54. The van der Waals surface area contributed by atoms with E-state index < -0.39 is 0 Å². The molecule has 80 valence electrons. The molecule has 0 aromatic rings. The van der Waals surface area contributed by atoms with Gasteiger partial charge in [-0.1, -0.05) is 0 Å². The molecule has 3 nitrogen and oxygen atoms in total. The molecule has 2 fully saturated rings. The maximum Gasteiger partial charge on any atom is 0.135 e. The lowest BCUT2D eigenvalue weighted by Crippen LogP contribution is -2.43. The number of ketones is 1. The van der Waals surface area contributed by atoms with Crippen LogP contribution in [0.2, 0.25) is 0 Å². The lowest BCUT2D eigenvalue weighted by atomic mass is 9.91. The first-order valence-electron chi connectivity index (χ1n) is 5.69. The Morgan fingerprint density at radius 3 is 2.21 bits per heavy atom. The molecule has 0 radical (unpaired) electrons. The zero-order valence-electron chi connectivity index (χ0n) is 8.61. The molecule has 1 heterocycles. The summed E-state index contributed by atoms with van der Waals surface area (Å²) >= 11 is 0. The highest BCUT2D eigenvalue weighted by molar-refractivity contribution is 5.79. The molecule has 0 atom stereocenters. The van der Waals surface area contributed by atoms with Crippen molar-refractivity contribution in [1.29, 1.82) is 0 Å². The third kappa shape index (κ3) is 2.34. The molecule has 0 bridgehead atoms. The van der Waals surface area contributed by atoms with Crippen LogP contribution in [0.1, 0.15) is 38.5 Å². The second-order valence-electron chi connectivity index (χ2n) is 4.54. The van der Waals surface area contributed by atoms with Crippen LogP contribution in [0.25, 0.3) is 0 Å². The van der Waals surface area contributed by atoms with Crippen molar-refractivity contribution < 1.29 is 9.90 Å². The van der Waals surface area contributed by atoms with Crippen LogP contribution < -0.4 is 0 Å². The molecule has 0 spiro atoms. The minimum atomic E-state index is -0.0716. The van der Waals surface area contributed by atoms with Crippen LogP contribution in [0.4, 0.5) is 0 Å². The van der Waals surface area contributed by atoms with Gasteiger partial charge in [-0.25, -0.2) is 0 Å². The SMILES string of the molecule is O=C1CCN(C2CCC(O)CC2)CC1. The Morgan fingerprint density at radius 1 is 1.07 bits per heavy atom. The second kappa shape index (κ2) is 4.41. The standard InChI is InChI=1S/C11H19NO2/c13-10-3-1-9(2-4-10)12-7-5-11(14)6-8-12/h9-10,13H,1-8H2. The van der Waals surface area contributed by atoms with E-state index in [1.54, 1.807) is 0 Å². The van der Waals surface area contributed by atoms with E-state index in [2.05, 4.69) is 4.90 Å². The summed E-state index contributed by atoms with van der Waals surface area (Å²) in [5.74, 6) is 0.414. The van der Waals surface area contributed by atoms with E-state index in [0.717, 1.165) is 51.6 Å². The Balaban J connectivity index is 1.81. The minimum Gasteiger partial charge on any atom is -0.393 e. The molecule has 2 rings (SSSR count). The predicted octanol–water partition coefficient (Wildman–Crippen LogP) is 0.955. The van der Waals surface area contributed by atoms with E-state index in [4.69, 9.17) is 0 Å². The molecular weight excluding hydrogens is 178 g/mol. The Morgan fingerprint density at radius 2 is 1.64 bits per heavy atom. The Bertz CT molecular complexity index is 199. The van der Waals surface area contributed by atoms with Gasteiger partial charge < -0.3 is 5.11 Å². The van der Waals surface area contributed by atoms with Gasteiger partial charge in [0.15, 0.2) is 0 Å². The van der Waals surface area contributed by atoms with Crippen molar-refractivity contribution in [2.24, 2.45) is 0 Å². The first-order chi connectivity index (χ1) is 6.75. The summed E-state index contributed by atoms with van der Waals surface area (Å²) in [7, 11) is 0. The van der Waals surface area contributed by atoms with E-state index >= 15 is 0 Å². The average Bonchev–Trinajstić information content (AvgIpc) is 2.21. The number of aliphatic hydroxyl groups excluding tert-OH is 1. The zero-order valence-corrected chi connectivity index (χ0v) is 8.61. The van der Waals surface area contributed by atoms with Gasteiger partial charge in [-0.2, -0.15) is 0 Å². The van der Waals surface area contributed by atoms with Crippen molar-refractivity contribution in [2.75, 3.05) is 13.1 Å². The van der Waals surface area contributed by atoms with Gasteiger partial charge in [-0.3, -0.25) is 9.69 Å². The van der Waals surface area contributed by atoms with E-state index in [9.17, 15) is 9.90 Å². The number of nitrogens with zero attached hydrogens (tertiary/aromatic N) is 1. The summed E-state index contributed by atoms with van der Waals surface area (Å²) in [5.41, 5.74) is 0. The second-order valence-corrected chi connectivity index (χ2v) is 4.54. The maximum absolute atomic E-state index is 11.1. The van der Waals surface area contributed by atoms with Crippen molar-refractivity contribution in [3.63, 3.8) is 0 Å². The fourth-order valence-corrected chi connectivity index (χ4v) is 2.56. The minimum absolute atomic E-state index is 0.0716. The summed E-state index contributed by atoms with van der Waals surface area (Å²) in [5, 5.41) is 9.39. The van der Waals surface area contributed by atoms with E-state index in [1.807, 2.05) is 0 Å². The van der Waals surface area contributed by atoms with Crippen molar-refractivity contribution in [1.82, 2.24) is 4.90 Å². The van der Waals surface area contributed by atoms with Crippen molar-refractivity contribution in [3.05, 3.63) is 0 Å². The lowest BCUT2D eigenvalue weighted by Gasteiger charge is -2.37. The predicted molar refractivity (Wildman–Crippen MR) is 54.1 cm³/mol. The highest BCUT2D eigenvalue weighted by atomic mass is 16.3. The van der Waals surface area contributed by atoms with Crippen LogP contribution in [-0.4, -0.2) is 41.0 Å². The molecule has 0 unspecified atom stereocenters. The van der Waals surface area contributed by atoms with Gasteiger partial charge in [-0.05, 0) is 25.7 Å². The van der Waals surface area contributed by atoms with E-state index in [0.29, 0.717) is 11.8 Å². The van der Waals surface area contributed by atoms with E-state index in [1.165, 1.54) is 0 Å². The summed E-state index contributed by atoms with van der Waals surface area (Å²) in [6.45, 7) is 1.89. The summed E-state index contributed by atoms with van der Waals surface area (Å²) < 4.78 is 0. The van der Waals surface area contributed by atoms with Gasteiger partial charge in [0.25, 0.3) is 0 Å². The summed E-state index contributed by atoms with van der Waals surface area (Å²) in [6, 6.07) is 0.631. The van der Waals surface area contributed by atoms with Crippen LogP contribution in [0.15, 0.2) is 0 Å². The highest BCUT2D eigenvalue weighted by Gasteiger charge is 2.27. The fourth-order valence-electron chi connectivity index (χ4n) is 2.56. The number of carbonyl (C=O) groups excluding carboxylic acids is 1. The quantitative estimate of drug-likeness (QED) is 0.680. The maximum atomic E-state index is 11.1. The molecule has 0 aromatic heterocycles. The highest BCUT2D eigenvalue weighted by Crippen LogP contribution is 2.24. The number of piperidine rings is 1. The largest absolute Gasteiger partial charge is 0.393 e. The Labute approximate surface area is 85.1 Å². The van der Waals surface area contributed by atoms with Gasteiger partial charge in [0, 0.05) is 32.0 Å². The first kappa shape index (κ1) is 10.1. The van der Waals surface area contributed by atoms with Gasteiger partial charge in [0.2, 0.25) is 0 Å². The van der Waals surface area contributed by atoms with Crippen LogP contribution in [-0.2, 0) is 4.79 Å². The van der Waals surface area contributed by atoms with Gasteiger partial charge in [0.1, 0.15) is 5.78 Å². The fraction of sp³-hybridized carbons (Fsp3) is 0.909. The van der Waals surface area contributed by atoms with Crippen LogP contribution in [0, 0.1) is 0 Å². The number of carbonyl (C=O) groups is 1.